The zero-order valence-electron chi connectivity index (χ0n) is 17.9. The predicted molar refractivity (Wildman–Crippen MR) is 121 cm³/mol. The lowest BCUT2D eigenvalue weighted by molar-refractivity contribution is -0.159. The van der Waals surface area contributed by atoms with Crippen molar-refractivity contribution in [2.45, 2.75) is 12.3 Å². The molecule has 31 heavy (non-hydrogen) atoms. The van der Waals surface area contributed by atoms with Crippen LogP contribution in [-0.4, -0.2) is 30.7 Å². The van der Waals surface area contributed by atoms with Gasteiger partial charge in [-0.05, 0) is 34.4 Å². The lowest BCUT2D eigenvalue weighted by atomic mass is 9.81. The number of rotatable bonds is 6. The highest BCUT2D eigenvalue weighted by atomic mass is 16.5. The molecule has 5 heteroatoms. The fourth-order valence-corrected chi connectivity index (χ4v) is 4.44. The Balaban J connectivity index is 1.94. The summed E-state index contributed by atoms with van der Waals surface area (Å²) in [5, 5.41) is 3.30. The second-order valence-electron chi connectivity index (χ2n) is 7.67. The molecule has 0 N–H and O–H groups in total. The lowest BCUT2D eigenvalue weighted by Crippen LogP contribution is -2.28. The van der Waals surface area contributed by atoms with E-state index in [9.17, 15) is 9.59 Å². The predicted octanol–water partition coefficient (Wildman–Crippen LogP) is 4.82. The molecule has 0 aliphatic rings. The second-order valence-corrected chi connectivity index (χ2v) is 7.67. The first-order valence-electron chi connectivity index (χ1n) is 10.2. The van der Waals surface area contributed by atoms with Crippen LogP contribution < -0.4 is 0 Å². The molecule has 1 unspecified atom stereocenters. The normalized spacial score (nSPS) is 12.3. The first-order chi connectivity index (χ1) is 15.0. The van der Waals surface area contributed by atoms with E-state index in [1.807, 2.05) is 37.4 Å². The van der Waals surface area contributed by atoms with E-state index in [0.29, 0.717) is 0 Å². The van der Waals surface area contributed by atoms with Crippen LogP contribution in [0.2, 0.25) is 0 Å². The molecule has 1 heterocycles. The van der Waals surface area contributed by atoms with Crippen LogP contribution in [0.5, 0.6) is 0 Å². The van der Waals surface area contributed by atoms with Crippen molar-refractivity contribution in [3.05, 3.63) is 84.1 Å². The Morgan fingerprint density at radius 1 is 0.806 bits per heavy atom. The maximum Gasteiger partial charge on any atom is 0.320 e. The minimum Gasteiger partial charge on any atom is -0.468 e. The van der Waals surface area contributed by atoms with Gasteiger partial charge in [-0.15, -0.1) is 0 Å². The molecule has 3 aromatic carbocycles. The van der Waals surface area contributed by atoms with Gasteiger partial charge in [0.1, 0.15) is 0 Å². The van der Waals surface area contributed by atoms with Gasteiger partial charge >= 0.3 is 11.9 Å². The van der Waals surface area contributed by atoms with E-state index >= 15 is 0 Å². The highest BCUT2D eigenvalue weighted by molar-refractivity contribution is 5.96. The molecule has 0 saturated carbocycles. The summed E-state index contributed by atoms with van der Waals surface area (Å²) in [6.07, 6.45) is 2.34. The summed E-state index contributed by atoms with van der Waals surface area (Å²) in [7, 11) is 4.59. The number of esters is 2. The summed E-state index contributed by atoms with van der Waals surface area (Å²) in [4.78, 5) is 25.0. The Kier molecular flexibility index (Phi) is 5.76. The minimum absolute atomic E-state index is 0.208. The molecule has 0 amide bonds. The van der Waals surface area contributed by atoms with Gasteiger partial charge in [0.05, 0.1) is 14.2 Å². The van der Waals surface area contributed by atoms with E-state index in [4.69, 9.17) is 9.47 Å². The van der Waals surface area contributed by atoms with Gasteiger partial charge in [0.15, 0.2) is 5.92 Å². The van der Waals surface area contributed by atoms with Crippen molar-refractivity contribution in [3.8, 4) is 0 Å². The number of aryl methyl sites for hydroxylation is 1. The summed E-state index contributed by atoms with van der Waals surface area (Å²) in [5.74, 6) is -2.40. The second kappa shape index (κ2) is 8.64. The standard InChI is InChI=1S/C26H25NO4/c1-27-16-23(20-12-6-7-14-24(20)27)21(15-22(25(28)30-2)26(29)31-3)19-13-8-10-17-9-4-5-11-18(17)19/h4-14,16,21-22H,15H2,1-3H3. The Hall–Kier alpha value is -3.60. The van der Waals surface area contributed by atoms with E-state index in [-0.39, 0.29) is 12.3 Å². The molecule has 0 bridgehead atoms. The number of benzene rings is 3. The molecule has 0 saturated heterocycles. The molecule has 0 aliphatic heterocycles. The van der Waals surface area contributed by atoms with Gasteiger partial charge in [0.25, 0.3) is 0 Å². The average Bonchev–Trinajstić information content (AvgIpc) is 3.15. The van der Waals surface area contributed by atoms with Crippen LogP contribution in [0.25, 0.3) is 21.7 Å². The minimum atomic E-state index is -1.02. The highest BCUT2D eigenvalue weighted by Crippen LogP contribution is 2.39. The van der Waals surface area contributed by atoms with Gasteiger partial charge in [-0.2, -0.15) is 0 Å². The third-order valence-electron chi connectivity index (χ3n) is 5.94. The molecule has 158 valence electrons. The monoisotopic (exact) mass is 415 g/mol. The number of fused-ring (bicyclic) bond motifs is 2. The third kappa shape index (κ3) is 3.79. The van der Waals surface area contributed by atoms with Gasteiger partial charge in [-0.25, -0.2) is 0 Å². The quantitative estimate of drug-likeness (QED) is 0.335. The molecule has 0 fully saturated rings. The van der Waals surface area contributed by atoms with Gasteiger partial charge in [-0.3, -0.25) is 9.59 Å². The fraction of sp³-hybridized carbons (Fsp3) is 0.231. The average molecular weight is 415 g/mol. The molecule has 0 spiro atoms. The Bertz CT molecular complexity index is 1240. The van der Waals surface area contributed by atoms with Crippen molar-refractivity contribution in [2.24, 2.45) is 13.0 Å². The van der Waals surface area contributed by atoms with Gasteiger partial charge in [-0.1, -0.05) is 60.7 Å². The van der Waals surface area contributed by atoms with E-state index in [1.165, 1.54) is 14.2 Å². The molecule has 5 nitrogen and oxygen atoms in total. The van der Waals surface area contributed by atoms with Crippen LogP contribution in [0.15, 0.2) is 72.9 Å². The maximum atomic E-state index is 12.5. The molecule has 4 aromatic rings. The number of para-hydroxylation sites is 1. The maximum absolute atomic E-state index is 12.5. The molecule has 4 rings (SSSR count). The van der Waals surface area contributed by atoms with Crippen LogP contribution in [0.3, 0.4) is 0 Å². The van der Waals surface area contributed by atoms with E-state index < -0.39 is 17.9 Å². The summed E-state index contributed by atoms with van der Waals surface area (Å²) in [5.41, 5.74) is 3.22. The number of methoxy groups -OCH3 is 2. The van der Waals surface area contributed by atoms with E-state index in [0.717, 1.165) is 32.8 Å². The van der Waals surface area contributed by atoms with Crippen LogP contribution in [0, 0.1) is 5.92 Å². The SMILES string of the molecule is COC(=O)C(CC(c1cccc2ccccc12)c1cn(C)c2ccccc12)C(=O)OC. The number of carbonyl (C=O) groups excluding carboxylic acids is 2. The highest BCUT2D eigenvalue weighted by Gasteiger charge is 2.34. The molecule has 1 atom stereocenters. The smallest absolute Gasteiger partial charge is 0.320 e. The van der Waals surface area contributed by atoms with E-state index in [2.05, 4.69) is 47.2 Å². The Morgan fingerprint density at radius 3 is 2.13 bits per heavy atom. The molecular weight excluding hydrogens is 390 g/mol. The fourth-order valence-electron chi connectivity index (χ4n) is 4.44. The van der Waals surface area contributed by atoms with Crippen molar-refractivity contribution in [1.29, 1.82) is 0 Å². The molecule has 0 radical (unpaired) electrons. The van der Waals surface area contributed by atoms with Gasteiger partial charge in [0.2, 0.25) is 0 Å². The Labute approximate surface area is 181 Å². The number of carbonyl (C=O) groups is 2. The van der Waals surface area contributed by atoms with Crippen molar-refractivity contribution >= 4 is 33.6 Å². The lowest BCUT2D eigenvalue weighted by Gasteiger charge is -2.23. The summed E-state index contributed by atoms with van der Waals surface area (Å²) < 4.78 is 12.0. The van der Waals surface area contributed by atoms with Crippen LogP contribution in [-0.2, 0) is 26.1 Å². The number of hydrogen-bond donors (Lipinski definition) is 0. The third-order valence-corrected chi connectivity index (χ3v) is 5.94. The zero-order valence-corrected chi connectivity index (χ0v) is 17.9. The first kappa shape index (κ1) is 20.7. The molecule has 1 aromatic heterocycles. The topological polar surface area (TPSA) is 57.5 Å². The molecular formula is C26H25NO4. The first-order valence-corrected chi connectivity index (χ1v) is 10.2. The van der Waals surface area contributed by atoms with Crippen molar-refractivity contribution in [3.63, 3.8) is 0 Å². The number of aromatic nitrogens is 1. The van der Waals surface area contributed by atoms with E-state index in [1.54, 1.807) is 0 Å². The molecule has 0 aliphatic carbocycles. The van der Waals surface area contributed by atoms with Gasteiger partial charge < -0.3 is 14.0 Å². The number of hydrogen-bond acceptors (Lipinski definition) is 4. The summed E-state index contributed by atoms with van der Waals surface area (Å²) in [6, 6.07) is 22.5. The zero-order chi connectivity index (χ0) is 22.0. The van der Waals surface area contributed by atoms with Crippen LogP contribution >= 0.6 is 0 Å². The van der Waals surface area contributed by atoms with Crippen molar-refractivity contribution in [1.82, 2.24) is 4.57 Å². The van der Waals surface area contributed by atoms with Gasteiger partial charge in [0, 0.05) is 30.1 Å². The summed E-state index contributed by atoms with van der Waals surface area (Å²) in [6.45, 7) is 0. The van der Waals surface area contributed by atoms with Crippen LogP contribution in [0.4, 0.5) is 0 Å². The Morgan fingerprint density at radius 2 is 1.42 bits per heavy atom. The van der Waals surface area contributed by atoms with Crippen molar-refractivity contribution < 1.29 is 19.1 Å². The largest absolute Gasteiger partial charge is 0.468 e. The number of ether oxygens (including phenoxy) is 2. The summed E-state index contributed by atoms with van der Waals surface area (Å²) >= 11 is 0. The van der Waals surface area contributed by atoms with Crippen molar-refractivity contribution in [2.75, 3.05) is 14.2 Å². The number of nitrogens with zero attached hydrogens (tertiary/aromatic N) is 1. The van der Waals surface area contributed by atoms with Crippen LogP contribution in [0.1, 0.15) is 23.5 Å².